The Bertz CT molecular complexity index is 447. The molecule has 0 saturated carbocycles. The summed E-state index contributed by atoms with van der Waals surface area (Å²) < 4.78 is 26.1. The van der Waals surface area contributed by atoms with Crippen LogP contribution in [0.5, 0.6) is 0 Å². The van der Waals surface area contributed by atoms with Gasteiger partial charge in [-0.2, -0.15) is 0 Å². The molecule has 0 atom stereocenters. The molecule has 0 fully saturated rings. The van der Waals surface area contributed by atoms with Crippen molar-refractivity contribution >= 4 is 11.7 Å². The van der Waals surface area contributed by atoms with Crippen molar-refractivity contribution in [2.75, 3.05) is 6.54 Å². The summed E-state index contributed by atoms with van der Waals surface area (Å²) in [6, 6.07) is 2.70. The first-order chi connectivity index (χ1) is 8.54. The average Bonchev–Trinajstić information content (AvgIpc) is 2.36. The summed E-state index contributed by atoms with van der Waals surface area (Å²) in [6.07, 6.45) is 0.656. The normalized spacial score (nSPS) is 10.2. The number of benzene rings is 1. The fourth-order valence-corrected chi connectivity index (χ4v) is 1.43. The molecular weight excluding hydrogens is 240 g/mol. The van der Waals surface area contributed by atoms with Gasteiger partial charge in [0.25, 0.3) is 0 Å². The fraction of sp³-hybridized carbons (Fsp3) is 0.385. The number of nitrogens with one attached hydrogen (secondary N) is 1. The summed E-state index contributed by atoms with van der Waals surface area (Å²) in [4.78, 5) is 22.9. The minimum Gasteiger partial charge on any atom is -0.356 e. The van der Waals surface area contributed by atoms with E-state index in [2.05, 4.69) is 5.32 Å². The number of hydrogen-bond donors (Lipinski definition) is 1. The minimum absolute atomic E-state index is 0.0191. The van der Waals surface area contributed by atoms with E-state index < -0.39 is 17.4 Å². The molecule has 18 heavy (non-hydrogen) atoms. The summed E-state index contributed by atoms with van der Waals surface area (Å²) in [5.74, 6) is -2.27. The third kappa shape index (κ3) is 4.24. The van der Waals surface area contributed by atoms with Crippen LogP contribution >= 0.6 is 0 Å². The lowest BCUT2D eigenvalue weighted by molar-refractivity contribution is -0.121. The maximum absolute atomic E-state index is 13.3. The summed E-state index contributed by atoms with van der Waals surface area (Å²) >= 11 is 0. The summed E-state index contributed by atoms with van der Waals surface area (Å²) in [7, 11) is 0. The van der Waals surface area contributed by atoms with Crippen molar-refractivity contribution < 1.29 is 18.4 Å². The Balaban J connectivity index is 2.55. The van der Waals surface area contributed by atoms with Gasteiger partial charge in [-0.05, 0) is 24.6 Å². The number of rotatable bonds is 6. The molecule has 0 aliphatic rings. The van der Waals surface area contributed by atoms with Crippen LogP contribution in [-0.2, 0) is 4.79 Å². The fourth-order valence-electron chi connectivity index (χ4n) is 1.43. The van der Waals surface area contributed by atoms with Crippen LogP contribution in [0.3, 0.4) is 0 Å². The Kier molecular flexibility index (Phi) is 5.42. The number of amides is 1. The maximum Gasteiger partial charge on any atom is 0.220 e. The highest BCUT2D eigenvalue weighted by Crippen LogP contribution is 2.12. The lowest BCUT2D eigenvalue weighted by Crippen LogP contribution is -2.24. The number of Topliss-reactive ketones (excluding diaryl/α,β-unsaturated/α-hetero) is 1. The maximum atomic E-state index is 13.3. The van der Waals surface area contributed by atoms with E-state index in [1.807, 2.05) is 6.92 Å². The Labute approximate surface area is 104 Å². The van der Waals surface area contributed by atoms with E-state index in [0.717, 1.165) is 24.6 Å². The van der Waals surface area contributed by atoms with Gasteiger partial charge in [-0.3, -0.25) is 9.59 Å². The molecule has 0 saturated heterocycles. The van der Waals surface area contributed by atoms with E-state index in [1.54, 1.807) is 0 Å². The van der Waals surface area contributed by atoms with Crippen LogP contribution in [0.25, 0.3) is 0 Å². The molecule has 1 aromatic carbocycles. The monoisotopic (exact) mass is 255 g/mol. The Morgan fingerprint density at radius 2 is 1.94 bits per heavy atom. The molecule has 0 spiro atoms. The van der Waals surface area contributed by atoms with Gasteiger partial charge in [0.2, 0.25) is 5.91 Å². The van der Waals surface area contributed by atoms with Crippen molar-refractivity contribution in [3.05, 3.63) is 35.4 Å². The topological polar surface area (TPSA) is 46.2 Å². The van der Waals surface area contributed by atoms with Crippen LogP contribution in [0, 0.1) is 11.6 Å². The number of carbonyl (C=O) groups excluding carboxylic acids is 2. The lowest BCUT2D eigenvalue weighted by atomic mass is 10.1. The van der Waals surface area contributed by atoms with E-state index in [4.69, 9.17) is 0 Å². The van der Waals surface area contributed by atoms with E-state index in [0.29, 0.717) is 6.54 Å². The van der Waals surface area contributed by atoms with Crippen molar-refractivity contribution in [2.24, 2.45) is 0 Å². The molecule has 0 heterocycles. The van der Waals surface area contributed by atoms with Crippen LogP contribution < -0.4 is 5.32 Å². The van der Waals surface area contributed by atoms with Gasteiger partial charge >= 0.3 is 0 Å². The van der Waals surface area contributed by atoms with Gasteiger partial charge in [-0.25, -0.2) is 8.78 Å². The third-order valence-corrected chi connectivity index (χ3v) is 2.38. The van der Waals surface area contributed by atoms with Crippen LogP contribution in [0.4, 0.5) is 8.78 Å². The second-order valence-corrected chi connectivity index (χ2v) is 3.90. The zero-order chi connectivity index (χ0) is 13.5. The van der Waals surface area contributed by atoms with Gasteiger partial charge in [0, 0.05) is 19.4 Å². The predicted octanol–water partition coefficient (Wildman–Crippen LogP) is 2.45. The quantitative estimate of drug-likeness (QED) is 0.794. The van der Waals surface area contributed by atoms with Crippen molar-refractivity contribution in [3.8, 4) is 0 Å². The standard InChI is InChI=1S/C13H15F2NO2/c1-2-7-16-13(18)6-5-12(17)10-8-9(14)3-4-11(10)15/h3-4,8H,2,5-7H2,1H3,(H,16,18). The van der Waals surface area contributed by atoms with Gasteiger partial charge in [0.1, 0.15) is 11.6 Å². The Morgan fingerprint density at radius 1 is 1.22 bits per heavy atom. The van der Waals surface area contributed by atoms with Crippen molar-refractivity contribution in [2.45, 2.75) is 26.2 Å². The second kappa shape index (κ2) is 6.83. The van der Waals surface area contributed by atoms with Crippen LogP contribution in [0.1, 0.15) is 36.5 Å². The van der Waals surface area contributed by atoms with E-state index >= 15 is 0 Å². The van der Waals surface area contributed by atoms with Crippen LogP contribution in [0.2, 0.25) is 0 Å². The minimum atomic E-state index is -0.768. The molecule has 0 unspecified atom stereocenters. The first-order valence-electron chi connectivity index (χ1n) is 5.79. The molecule has 0 bridgehead atoms. The number of carbonyl (C=O) groups is 2. The predicted molar refractivity (Wildman–Crippen MR) is 63.2 cm³/mol. The molecular formula is C13H15F2NO2. The summed E-state index contributed by atoms with van der Waals surface area (Å²) in [5.41, 5.74) is -0.307. The van der Waals surface area contributed by atoms with Crippen LogP contribution in [0.15, 0.2) is 18.2 Å². The molecule has 1 amide bonds. The molecule has 98 valence electrons. The Morgan fingerprint density at radius 3 is 2.61 bits per heavy atom. The lowest BCUT2D eigenvalue weighted by Gasteiger charge is -2.04. The van der Waals surface area contributed by atoms with Crippen molar-refractivity contribution in [3.63, 3.8) is 0 Å². The third-order valence-electron chi connectivity index (χ3n) is 2.38. The zero-order valence-electron chi connectivity index (χ0n) is 10.1. The smallest absolute Gasteiger partial charge is 0.220 e. The molecule has 3 nitrogen and oxygen atoms in total. The highest BCUT2D eigenvalue weighted by Gasteiger charge is 2.14. The SMILES string of the molecule is CCCNC(=O)CCC(=O)c1cc(F)ccc1F. The molecule has 5 heteroatoms. The largest absolute Gasteiger partial charge is 0.356 e. The second-order valence-electron chi connectivity index (χ2n) is 3.90. The van der Waals surface area contributed by atoms with E-state index in [-0.39, 0.29) is 24.3 Å². The van der Waals surface area contributed by atoms with Gasteiger partial charge < -0.3 is 5.32 Å². The summed E-state index contributed by atoms with van der Waals surface area (Å²) in [6.45, 7) is 2.45. The first kappa shape index (κ1) is 14.3. The Hall–Kier alpha value is -1.78. The van der Waals surface area contributed by atoms with Gasteiger partial charge in [-0.15, -0.1) is 0 Å². The highest BCUT2D eigenvalue weighted by atomic mass is 19.1. The van der Waals surface area contributed by atoms with Gasteiger partial charge in [0.05, 0.1) is 5.56 Å². The molecule has 0 radical (unpaired) electrons. The van der Waals surface area contributed by atoms with Gasteiger partial charge in [-0.1, -0.05) is 6.92 Å². The summed E-state index contributed by atoms with van der Waals surface area (Å²) in [5, 5.41) is 2.61. The van der Waals surface area contributed by atoms with E-state index in [9.17, 15) is 18.4 Å². The number of halogens is 2. The zero-order valence-corrected chi connectivity index (χ0v) is 10.1. The van der Waals surface area contributed by atoms with Gasteiger partial charge in [0.15, 0.2) is 5.78 Å². The molecule has 1 aromatic rings. The highest BCUT2D eigenvalue weighted by molar-refractivity contribution is 5.98. The number of ketones is 1. The molecule has 1 rings (SSSR count). The van der Waals surface area contributed by atoms with E-state index in [1.165, 1.54) is 0 Å². The molecule has 1 N–H and O–H groups in total. The molecule has 0 aromatic heterocycles. The van der Waals surface area contributed by atoms with Crippen LogP contribution in [-0.4, -0.2) is 18.2 Å². The number of hydrogen-bond acceptors (Lipinski definition) is 2. The molecule has 0 aliphatic heterocycles. The van der Waals surface area contributed by atoms with Crippen molar-refractivity contribution in [1.82, 2.24) is 5.32 Å². The average molecular weight is 255 g/mol. The first-order valence-corrected chi connectivity index (χ1v) is 5.79. The van der Waals surface area contributed by atoms with Crippen molar-refractivity contribution in [1.29, 1.82) is 0 Å². The molecule has 0 aliphatic carbocycles.